The van der Waals surface area contributed by atoms with Gasteiger partial charge in [-0.25, -0.2) is 0 Å². The number of carbonyl (C=O) groups is 2. The van der Waals surface area contributed by atoms with Gasteiger partial charge in [-0.1, -0.05) is 240 Å². The molecule has 45 heavy (non-hydrogen) atoms. The molecule has 0 radical (unpaired) electrons. The molecule has 0 aromatic heterocycles. The maximum absolute atomic E-state index is 10.6. The van der Waals surface area contributed by atoms with Gasteiger partial charge in [-0.15, -0.1) is 0 Å². The number of unbranched alkanes of at least 4 members (excludes halogenated alkanes) is 26. The van der Waals surface area contributed by atoms with E-state index in [-0.39, 0.29) is 50.6 Å². The normalized spacial score (nSPS) is 11.5. The average molecular weight is 745 g/mol. The number of alkyl halides is 4. The van der Waals surface area contributed by atoms with E-state index in [1.807, 2.05) is 0 Å². The third kappa shape index (κ3) is 38.0. The number of rotatable bonds is 32. The van der Waals surface area contributed by atoms with E-state index in [4.69, 9.17) is 46.4 Å². The summed E-state index contributed by atoms with van der Waals surface area (Å²) < 4.78 is -3.42. The molecule has 0 aromatic rings. The summed E-state index contributed by atoms with van der Waals surface area (Å²) in [6, 6.07) is 0. The second-order valence-corrected chi connectivity index (χ2v) is 15.6. The number of hydrogen-bond acceptors (Lipinski definition) is 4. The van der Waals surface area contributed by atoms with E-state index in [0.717, 1.165) is 38.5 Å². The SMILES string of the molecule is CCCCCCCCCCCCCCCCC(Cl)(Cl)C(=O)[O-].CCCCCCCCCCCCCCCCC(Cl)(Cl)C(=O)[O-].[Ca+2]. The number of carboxylic acids is 2. The van der Waals surface area contributed by atoms with Crippen molar-refractivity contribution in [3.63, 3.8) is 0 Å². The molecule has 0 aliphatic rings. The van der Waals surface area contributed by atoms with Gasteiger partial charge in [0.25, 0.3) is 0 Å². The van der Waals surface area contributed by atoms with Gasteiger partial charge in [0.15, 0.2) is 8.67 Å². The van der Waals surface area contributed by atoms with E-state index >= 15 is 0 Å². The van der Waals surface area contributed by atoms with E-state index < -0.39 is 20.6 Å². The first-order valence-corrected chi connectivity index (χ1v) is 19.7. The third-order valence-electron chi connectivity index (χ3n) is 8.29. The van der Waals surface area contributed by atoms with Gasteiger partial charge in [-0.3, -0.25) is 0 Å². The van der Waals surface area contributed by atoms with Crippen LogP contribution in [0.1, 0.15) is 206 Å². The fraction of sp³-hybridized carbons (Fsp3) is 0.944. The van der Waals surface area contributed by atoms with Gasteiger partial charge in [0.2, 0.25) is 0 Å². The van der Waals surface area contributed by atoms with Crippen LogP contribution >= 0.6 is 46.4 Å². The van der Waals surface area contributed by atoms with Crippen molar-refractivity contribution in [3.8, 4) is 0 Å². The van der Waals surface area contributed by atoms with E-state index in [0.29, 0.717) is 0 Å². The molecule has 4 nitrogen and oxygen atoms in total. The average Bonchev–Trinajstić information content (AvgIpc) is 2.97. The Kier molecular flexibility index (Phi) is 41.3. The summed E-state index contributed by atoms with van der Waals surface area (Å²) in [4.78, 5) is 21.2. The minimum atomic E-state index is -1.71. The minimum Gasteiger partial charge on any atom is -0.547 e. The summed E-state index contributed by atoms with van der Waals surface area (Å²) in [5.74, 6) is -2.77. The predicted octanol–water partition coefficient (Wildman–Crippen LogP) is 11.2. The van der Waals surface area contributed by atoms with E-state index in [1.165, 1.54) is 141 Å². The first-order chi connectivity index (χ1) is 21.0. The van der Waals surface area contributed by atoms with Crippen LogP contribution in [0.3, 0.4) is 0 Å². The summed E-state index contributed by atoms with van der Waals surface area (Å²) in [6.45, 7) is 4.51. The smallest absolute Gasteiger partial charge is 0.547 e. The van der Waals surface area contributed by atoms with E-state index in [1.54, 1.807) is 0 Å². The van der Waals surface area contributed by atoms with Gasteiger partial charge >= 0.3 is 37.7 Å². The Balaban J connectivity index is -0.000000767. The molecule has 0 heterocycles. The summed E-state index contributed by atoms with van der Waals surface area (Å²) in [7, 11) is 0. The standard InChI is InChI=1S/2C18H34Cl2O2.Ca/c2*1-2-3-4-5-6-7-8-9-10-11-12-13-14-15-16-18(19,20)17(21)22;/h2*2-16H2,1H3,(H,21,22);/q;;+2/p-2. The summed E-state index contributed by atoms with van der Waals surface area (Å²) in [5, 5.41) is 21.2. The molecule has 0 saturated heterocycles. The largest absolute Gasteiger partial charge is 2.00 e. The van der Waals surface area contributed by atoms with Crippen LogP contribution in [-0.4, -0.2) is 58.3 Å². The van der Waals surface area contributed by atoms with Crippen LogP contribution in [0.15, 0.2) is 0 Å². The van der Waals surface area contributed by atoms with Crippen LogP contribution in [0.2, 0.25) is 0 Å². The third-order valence-corrected chi connectivity index (χ3v) is 9.66. The zero-order valence-electron chi connectivity index (χ0n) is 29.1. The van der Waals surface area contributed by atoms with Crippen LogP contribution in [0.4, 0.5) is 0 Å². The van der Waals surface area contributed by atoms with Crippen LogP contribution in [-0.2, 0) is 9.59 Å². The molecule has 0 N–H and O–H groups in total. The molecule has 0 saturated carbocycles. The van der Waals surface area contributed by atoms with Gasteiger partial charge in [-0.05, 0) is 12.8 Å². The quantitative estimate of drug-likeness (QED) is 0.0390. The van der Waals surface area contributed by atoms with Crippen LogP contribution in [0, 0.1) is 0 Å². The second-order valence-electron chi connectivity index (χ2n) is 12.7. The van der Waals surface area contributed by atoms with Crippen molar-refractivity contribution in [3.05, 3.63) is 0 Å². The number of halogens is 4. The van der Waals surface area contributed by atoms with Crippen molar-refractivity contribution in [2.75, 3.05) is 0 Å². The molecule has 0 atom stereocenters. The fourth-order valence-corrected chi connectivity index (χ4v) is 5.82. The molecular weight excluding hydrogens is 678 g/mol. The Morgan fingerprint density at radius 3 is 0.689 bits per heavy atom. The number of carbonyl (C=O) groups excluding carboxylic acids is 2. The van der Waals surface area contributed by atoms with Gasteiger partial charge in [0.05, 0.1) is 11.9 Å². The Hall–Kier alpha value is 1.36. The fourth-order valence-electron chi connectivity index (χ4n) is 5.29. The molecule has 264 valence electrons. The maximum Gasteiger partial charge on any atom is 2.00 e. The summed E-state index contributed by atoms with van der Waals surface area (Å²) in [6.07, 6.45) is 36.0. The van der Waals surface area contributed by atoms with Gasteiger partial charge in [0, 0.05) is 0 Å². The second kappa shape index (κ2) is 36.6. The molecular formula is C36H66CaCl4O4. The van der Waals surface area contributed by atoms with E-state index in [9.17, 15) is 19.8 Å². The van der Waals surface area contributed by atoms with Crippen LogP contribution < -0.4 is 10.2 Å². The van der Waals surface area contributed by atoms with Crippen molar-refractivity contribution in [2.45, 2.75) is 215 Å². The summed E-state index contributed by atoms with van der Waals surface area (Å²) >= 11 is 22.5. The molecule has 0 unspecified atom stereocenters. The molecule has 0 aliphatic carbocycles. The Bertz CT molecular complexity index is 597. The number of aliphatic carboxylic acids is 2. The van der Waals surface area contributed by atoms with Gasteiger partial charge in [0.1, 0.15) is 0 Å². The number of carboxylic acid groups (broad SMARTS) is 2. The topological polar surface area (TPSA) is 80.3 Å². The monoisotopic (exact) mass is 742 g/mol. The first kappa shape index (κ1) is 50.7. The molecule has 0 bridgehead atoms. The van der Waals surface area contributed by atoms with Crippen molar-refractivity contribution in [1.29, 1.82) is 0 Å². The van der Waals surface area contributed by atoms with Crippen molar-refractivity contribution < 1.29 is 19.8 Å². The van der Waals surface area contributed by atoms with Crippen molar-refractivity contribution >= 4 is 96.1 Å². The Morgan fingerprint density at radius 2 is 0.533 bits per heavy atom. The van der Waals surface area contributed by atoms with E-state index in [2.05, 4.69) is 13.8 Å². The maximum atomic E-state index is 10.6. The van der Waals surface area contributed by atoms with Crippen LogP contribution in [0.25, 0.3) is 0 Å². The Labute approximate surface area is 328 Å². The van der Waals surface area contributed by atoms with Gasteiger partial charge in [-0.2, -0.15) is 0 Å². The van der Waals surface area contributed by atoms with Crippen molar-refractivity contribution in [1.82, 2.24) is 0 Å². The summed E-state index contributed by atoms with van der Waals surface area (Å²) in [5.41, 5.74) is 0. The molecule has 0 amide bonds. The molecule has 0 rings (SSSR count). The predicted molar refractivity (Wildman–Crippen MR) is 194 cm³/mol. The van der Waals surface area contributed by atoms with Crippen LogP contribution in [0.5, 0.6) is 0 Å². The molecule has 0 fully saturated rings. The molecule has 9 heteroatoms. The zero-order valence-corrected chi connectivity index (χ0v) is 34.3. The first-order valence-electron chi connectivity index (χ1n) is 18.2. The molecule has 0 aliphatic heterocycles. The minimum absolute atomic E-state index is 0. The van der Waals surface area contributed by atoms with Crippen molar-refractivity contribution in [2.24, 2.45) is 0 Å². The molecule has 0 aromatic carbocycles. The number of hydrogen-bond donors (Lipinski definition) is 0. The Morgan fingerprint density at radius 1 is 0.378 bits per heavy atom. The zero-order chi connectivity index (χ0) is 33.4. The molecule has 0 spiro atoms. The van der Waals surface area contributed by atoms with Gasteiger partial charge < -0.3 is 19.8 Å².